The number of nitrogens with one attached hydrogen (secondary N) is 1. The summed E-state index contributed by atoms with van der Waals surface area (Å²) in [6, 6.07) is 18.3. The van der Waals surface area contributed by atoms with E-state index in [9.17, 15) is 4.21 Å². The number of hydrogen-bond acceptors (Lipinski definition) is 1. The summed E-state index contributed by atoms with van der Waals surface area (Å²) < 4.78 is 22.7. The van der Waals surface area contributed by atoms with Crippen LogP contribution in [-0.2, 0) is 11.3 Å². The maximum absolute atomic E-state index is 11.0. The molecule has 2 N–H and O–H groups in total. The molecule has 0 bridgehead atoms. The molecule has 1 unspecified atom stereocenters. The van der Waals surface area contributed by atoms with Crippen molar-refractivity contribution in [1.29, 1.82) is 0 Å². The second-order valence-electron chi connectivity index (χ2n) is 4.82. The molecule has 98 valence electrons. The second kappa shape index (κ2) is 4.16. The molecular weight excluding hydrogens is 270 g/mol. The summed E-state index contributed by atoms with van der Waals surface area (Å²) in [5, 5.41) is 6.81. The van der Waals surface area contributed by atoms with Gasteiger partial charge >= 0.3 is 0 Å². The van der Waals surface area contributed by atoms with Crippen LogP contribution in [0.25, 0.3) is 32.3 Å². The van der Waals surface area contributed by atoms with Gasteiger partial charge in [0.25, 0.3) is 11.3 Å². The van der Waals surface area contributed by atoms with E-state index in [4.69, 9.17) is 4.55 Å². The molecule has 0 aliphatic rings. The Morgan fingerprint density at radius 1 is 0.800 bits per heavy atom. The van der Waals surface area contributed by atoms with Crippen molar-refractivity contribution in [1.82, 2.24) is 0 Å². The van der Waals surface area contributed by atoms with Gasteiger partial charge in [0.15, 0.2) is 0 Å². The van der Waals surface area contributed by atoms with Gasteiger partial charge in [-0.1, -0.05) is 48.5 Å². The zero-order valence-corrected chi connectivity index (χ0v) is 11.3. The van der Waals surface area contributed by atoms with Gasteiger partial charge in [0.2, 0.25) is 0 Å². The van der Waals surface area contributed by atoms with Crippen molar-refractivity contribution in [2.75, 3.05) is 4.72 Å². The lowest BCUT2D eigenvalue weighted by molar-refractivity contribution is 0.570. The van der Waals surface area contributed by atoms with Crippen LogP contribution >= 0.6 is 0 Å². The molecule has 0 fully saturated rings. The minimum Gasteiger partial charge on any atom is -0.289 e. The van der Waals surface area contributed by atoms with Crippen LogP contribution in [0.5, 0.6) is 0 Å². The van der Waals surface area contributed by atoms with Gasteiger partial charge in [0.1, 0.15) is 0 Å². The van der Waals surface area contributed by atoms with Gasteiger partial charge in [0.05, 0.1) is 5.69 Å². The Hall–Kier alpha value is -2.17. The summed E-state index contributed by atoms with van der Waals surface area (Å²) >= 11 is -2.07. The number of anilines is 1. The standard InChI is InChI=1S/C16H11NO2S/c18-20(19)17-14-9-7-12-5-4-10-2-1-3-11-6-8-13(14)16(12)15(10)11/h1-9,17H,(H,18,19). The SMILES string of the molecule is O=S(O)Nc1ccc2ccc3cccc4ccc1c2c34. The summed E-state index contributed by atoms with van der Waals surface area (Å²) in [6.07, 6.45) is 0. The van der Waals surface area contributed by atoms with E-state index >= 15 is 0 Å². The lowest BCUT2D eigenvalue weighted by Crippen LogP contribution is -2.02. The van der Waals surface area contributed by atoms with Crippen molar-refractivity contribution in [2.45, 2.75) is 0 Å². The largest absolute Gasteiger partial charge is 0.289 e. The molecule has 0 spiro atoms. The van der Waals surface area contributed by atoms with Crippen LogP contribution in [0.2, 0.25) is 0 Å². The maximum Gasteiger partial charge on any atom is 0.259 e. The quantitative estimate of drug-likeness (QED) is 0.428. The highest BCUT2D eigenvalue weighted by atomic mass is 32.2. The Bertz CT molecular complexity index is 949. The maximum atomic E-state index is 11.0. The molecule has 0 aromatic heterocycles. The fraction of sp³-hybridized carbons (Fsp3) is 0. The first-order valence-corrected chi connectivity index (χ1v) is 7.39. The van der Waals surface area contributed by atoms with Crippen LogP contribution in [-0.4, -0.2) is 8.76 Å². The summed E-state index contributed by atoms with van der Waals surface area (Å²) in [4.78, 5) is 0. The van der Waals surface area contributed by atoms with Crippen LogP contribution in [0, 0.1) is 0 Å². The second-order valence-corrected chi connectivity index (χ2v) is 5.52. The van der Waals surface area contributed by atoms with Crippen LogP contribution in [0.3, 0.4) is 0 Å². The van der Waals surface area contributed by atoms with Gasteiger partial charge < -0.3 is 0 Å². The summed E-state index contributed by atoms with van der Waals surface area (Å²) in [5.74, 6) is 0. The molecule has 3 nitrogen and oxygen atoms in total. The Morgan fingerprint density at radius 3 is 2.10 bits per heavy atom. The van der Waals surface area contributed by atoms with Crippen molar-refractivity contribution in [3.05, 3.63) is 54.6 Å². The molecule has 4 rings (SSSR count). The van der Waals surface area contributed by atoms with Gasteiger partial charge in [-0.25, -0.2) is 4.21 Å². The third-order valence-corrected chi connectivity index (χ3v) is 4.12. The smallest absolute Gasteiger partial charge is 0.259 e. The highest BCUT2D eigenvalue weighted by molar-refractivity contribution is 7.80. The molecule has 4 aromatic rings. The van der Waals surface area contributed by atoms with E-state index in [-0.39, 0.29) is 0 Å². The zero-order valence-electron chi connectivity index (χ0n) is 10.5. The van der Waals surface area contributed by atoms with Crippen LogP contribution in [0.15, 0.2) is 54.6 Å². The van der Waals surface area contributed by atoms with E-state index in [0.29, 0.717) is 5.69 Å². The molecular formula is C16H11NO2S. The Morgan fingerprint density at radius 2 is 1.40 bits per heavy atom. The lowest BCUT2D eigenvalue weighted by atomic mass is 9.94. The van der Waals surface area contributed by atoms with E-state index in [1.165, 1.54) is 16.2 Å². The monoisotopic (exact) mass is 281 g/mol. The molecule has 0 saturated carbocycles. The van der Waals surface area contributed by atoms with Crippen molar-refractivity contribution >= 4 is 49.3 Å². The number of hydrogen-bond donors (Lipinski definition) is 2. The van der Waals surface area contributed by atoms with Crippen molar-refractivity contribution in [3.63, 3.8) is 0 Å². The van der Waals surface area contributed by atoms with E-state index in [2.05, 4.69) is 35.1 Å². The van der Waals surface area contributed by atoms with Crippen LogP contribution in [0.1, 0.15) is 0 Å². The molecule has 1 atom stereocenters. The Kier molecular flexibility index (Phi) is 2.42. The fourth-order valence-electron chi connectivity index (χ4n) is 2.92. The van der Waals surface area contributed by atoms with E-state index < -0.39 is 11.3 Å². The topological polar surface area (TPSA) is 49.3 Å². The highest BCUT2D eigenvalue weighted by Crippen LogP contribution is 2.37. The summed E-state index contributed by atoms with van der Waals surface area (Å²) in [6.45, 7) is 0. The first-order chi connectivity index (χ1) is 9.74. The molecule has 0 heterocycles. The third kappa shape index (κ3) is 1.59. The summed E-state index contributed by atoms with van der Waals surface area (Å²) in [7, 11) is 0. The molecule has 0 aliphatic heterocycles. The Balaban J connectivity index is 2.23. The van der Waals surface area contributed by atoms with Crippen molar-refractivity contribution < 1.29 is 8.76 Å². The van der Waals surface area contributed by atoms with E-state index in [1.54, 1.807) is 0 Å². The van der Waals surface area contributed by atoms with E-state index in [1.807, 2.05) is 24.3 Å². The average Bonchev–Trinajstić information content (AvgIpc) is 2.46. The zero-order chi connectivity index (χ0) is 13.7. The first kappa shape index (κ1) is 11.6. The molecule has 0 saturated heterocycles. The van der Waals surface area contributed by atoms with Gasteiger partial charge in [-0.3, -0.25) is 9.27 Å². The van der Waals surface area contributed by atoms with Gasteiger partial charge in [-0.2, -0.15) is 0 Å². The molecule has 4 aromatic carbocycles. The molecule has 20 heavy (non-hydrogen) atoms. The average molecular weight is 281 g/mol. The van der Waals surface area contributed by atoms with E-state index in [0.717, 1.165) is 16.2 Å². The minimum absolute atomic E-state index is 0.677. The molecule has 0 aliphatic carbocycles. The minimum atomic E-state index is -2.07. The predicted octanol–water partition coefficient (Wildman–Crippen LogP) is 4.13. The highest BCUT2D eigenvalue weighted by Gasteiger charge is 2.11. The predicted molar refractivity (Wildman–Crippen MR) is 84.5 cm³/mol. The fourth-order valence-corrected chi connectivity index (χ4v) is 3.28. The van der Waals surface area contributed by atoms with Gasteiger partial charge in [-0.15, -0.1) is 0 Å². The molecule has 0 amide bonds. The molecule has 4 heteroatoms. The Labute approximate surface area is 118 Å². The van der Waals surface area contributed by atoms with Gasteiger partial charge in [0, 0.05) is 5.39 Å². The van der Waals surface area contributed by atoms with Crippen molar-refractivity contribution in [2.24, 2.45) is 0 Å². The lowest BCUT2D eigenvalue weighted by Gasteiger charge is -2.13. The normalized spacial score (nSPS) is 13.2. The van der Waals surface area contributed by atoms with Gasteiger partial charge in [-0.05, 0) is 33.0 Å². The third-order valence-electron chi connectivity index (χ3n) is 3.73. The van der Waals surface area contributed by atoms with Crippen molar-refractivity contribution in [3.8, 4) is 0 Å². The van der Waals surface area contributed by atoms with Crippen LogP contribution < -0.4 is 4.72 Å². The summed E-state index contributed by atoms with van der Waals surface area (Å²) in [5.41, 5.74) is 0.677. The van der Waals surface area contributed by atoms with Crippen LogP contribution in [0.4, 0.5) is 5.69 Å². The number of benzene rings is 4. The number of rotatable bonds is 2. The molecule has 0 radical (unpaired) electrons. The first-order valence-electron chi connectivity index (χ1n) is 6.28.